The minimum absolute atomic E-state index is 0.0709. The van der Waals surface area contributed by atoms with Gasteiger partial charge in [0.25, 0.3) is 11.6 Å². The third-order valence-electron chi connectivity index (χ3n) is 6.39. The normalized spacial score (nSPS) is 11.2. The monoisotopic (exact) mass is 488 g/mol. The van der Waals surface area contributed by atoms with Gasteiger partial charge in [-0.1, -0.05) is 42.5 Å². The fourth-order valence-electron chi connectivity index (χ4n) is 4.45. The Labute approximate surface area is 213 Å². The lowest BCUT2D eigenvalue weighted by Crippen LogP contribution is -2.17. The number of aryl methyl sites for hydroxylation is 1. The van der Waals surface area contributed by atoms with E-state index in [4.69, 9.17) is 0 Å². The molecule has 1 aromatic heterocycles. The summed E-state index contributed by atoms with van der Waals surface area (Å²) in [5, 5.41) is 17.2. The highest BCUT2D eigenvalue weighted by atomic mass is 16.6. The van der Waals surface area contributed by atoms with Crippen LogP contribution in [-0.4, -0.2) is 21.6 Å². The van der Waals surface area contributed by atoms with E-state index in [9.17, 15) is 14.9 Å². The number of carbonyl (C=O) groups is 1. The number of hydrogen-bond donors (Lipinski definition) is 1. The van der Waals surface area contributed by atoms with Gasteiger partial charge in [-0.05, 0) is 78.2 Å². The van der Waals surface area contributed by atoms with E-state index in [0.717, 1.165) is 44.5 Å². The standard InChI is InChI=1S/C30H24N4O3/c1-20-17-27(19-31-32-30(35)26-8-7-22-5-3-4-6-25(22)18-26)21(2)33(20)28-13-9-23(10-14-28)24-11-15-29(16-12-24)34(36)37/h3-19H,1-2H3,(H,32,35)/b31-19-. The van der Waals surface area contributed by atoms with Crippen LogP contribution < -0.4 is 5.43 Å². The van der Waals surface area contributed by atoms with E-state index in [2.05, 4.69) is 15.1 Å². The van der Waals surface area contributed by atoms with Gasteiger partial charge in [-0.2, -0.15) is 5.10 Å². The Kier molecular flexibility index (Phi) is 6.34. The maximum Gasteiger partial charge on any atom is 0.271 e. The molecule has 0 bridgehead atoms. The predicted molar refractivity (Wildman–Crippen MR) is 146 cm³/mol. The van der Waals surface area contributed by atoms with E-state index in [1.807, 2.05) is 80.6 Å². The quantitative estimate of drug-likeness (QED) is 0.166. The summed E-state index contributed by atoms with van der Waals surface area (Å²) in [5.74, 6) is -0.266. The van der Waals surface area contributed by atoms with Gasteiger partial charge in [0.1, 0.15) is 0 Å². The minimum atomic E-state index is -0.403. The molecule has 0 spiro atoms. The molecule has 1 N–H and O–H groups in total. The van der Waals surface area contributed by atoms with Crippen molar-refractivity contribution in [3.63, 3.8) is 0 Å². The molecule has 1 amide bonds. The van der Waals surface area contributed by atoms with Gasteiger partial charge in [0.05, 0.1) is 11.1 Å². The molecule has 7 heteroatoms. The number of fused-ring (bicyclic) bond motifs is 1. The van der Waals surface area contributed by atoms with Crippen molar-refractivity contribution >= 4 is 28.6 Å². The largest absolute Gasteiger partial charge is 0.318 e. The van der Waals surface area contributed by atoms with Gasteiger partial charge < -0.3 is 4.57 Å². The van der Waals surface area contributed by atoms with Crippen molar-refractivity contribution < 1.29 is 9.72 Å². The first-order valence-corrected chi connectivity index (χ1v) is 11.8. The Balaban J connectivity index is 1.31. The minimum Gasteiger partial charge on any atom is -0.318 e. The molecule has 5 rings (SSSR count). The predicted octanol–water partition coefficient (Wildman–Crippen LogP) is 6.59. The molecule has 1 heterocycles. The Morgan fingerprint density at radius 2 is 1.51 bits per heavy atom. The van der Waals surface area contributed by atoms with Crippen LogP contribution >= 0.6 is 0 Å². The van der Waals surface area contributed by atoms with E-state index >= 15 is 0 Å². The molecule has 0 atom stereocenters. The molecule has 0 aliphatic carbocycles. The van der Waals surface area contributed by atoms with E-state index in [-0.39, 0.29) is 11.6 Å². The van der Waals surface area contributed by atoms with Crippen LogP contribution in [0.25, 0.3) is 27.6 Å². The second-order valence-corrected chi connectivity index (χ2v) is 8.77. The Morgan fingerprint density at radius 1 is 0.865 bits per heavy atom. The number of hydrogen-bond acceptors (Lipinski definition) is 4. The molecule has 0 saturated heterocycles. The fourth-order valence-corrected chi connectivity index (χ4v) is 4.45. The van der Waals surface area contributed by atoms with Crippen molar-refractivity contribution in [1.82, 2.24) is 9.99 Å². The summed E-state index contributed by atoms with van der Waals surface area (Å²) in [7, 11) is 0. The fraction of sp³-hybridized carbons (Fsp3) is 0.0667. The van der Waals surface area contributed by atoms with Gasteiger partial charge in [-0.25, -0.2) is 5.43 Å². The number of carbonyl (C=O) groups excluding carboxylic acids is 1. The highest BCUT2D eigenvalue weighted by molar-refractivity contribution is 5.99. The molecule has 37 heavy (non-hydrogen) atoms. The third kappa shape index (κ3) is 4.88. The average molecular weight is 489 g/mol. The molecule has 7 nitrogen and oxygen atoms in total. The average Bonchev–Trinajstić information content (AvgIpc) is 3.20. The molecule has 0 saturated carbocycles. The highest BCUT2D eigenvalue weighted by Gasteiger charge is 2.11. The van der Waals surface area contributed by atoms with E-state index < -0.39 is 4.92 Å². The Hall–Kier alpha value is -5.04. The number of aromatic nitrogens is 1. The Bertz CT molecular complexity index is 1650. The molecular formula is C30H24N4O3. The summed E-state index contributed by atoms with van der Waals surface area (Å²) in [5.41, 5.74) is 9.03. The number of benzene rings is 4. The van der Waals surface area contributed by atoms with Crippen molar-refractivity contribution in [2.24, 2.45) is 5.10 Å². The topological polar surface area (TPSA) is 89.5 Å². The molecule has 4 aromatic carbocycles. The maximum absolute atomic E-state index is 12.6. The Morgan fingerprint density at radius 3 is 2.19 bits per heavy atom. The van der Waals surface area contributed by atoms with Crippen LogP contribution in [0.5, 0.6) is 0 Å². The first-order chi connectivity index (χ1) is 17.9. The summed E-state index contributed by atoms with van der Waals surface area (Å²) in [4.78, 5) is 23.1. The summed E-state index contributed by atoms with van der Waals surface area (Å²) in [6.07, 6.45) is 1.66. The first-order valence-electron chi connectivity index (χ1n) is 11.8. The highest BCUT2D eigenvalue weighted by Crippen LogP contribution is 2.26. The van der Waals surface area contributed by atoms with E-state index in [1.165, 1.54) is 12.1 Å². The van der Waals surface area contributed by atoms with E-state index in [0.29, 0.717) is 5.56 Å². The number of rotatable bonds is 6. The molecule has 182 valence electrons. The SMILES string of the molecule is Cc1cc(/C=N\NC(=O)c2ccc3ccccc3c2)c(C)n1-c1ccc(-c2ccc([N+](=O)[O-])cc2)cc1. The molecule has 0 radical (unpaired) electrons. The zero-order chi connectivity index (χ0) is 25.9. The zero-order valence-corrected chi connectivity index (χ0v) is 20.4. The van der Waals surface area contributed by atoms with Crippen molar-refractivity contribution in [2.75, 3.05) is 0 Å². The van der Waals surface area contributed by atoms with Gasteiger partial charge >= 0.3 is 0 Å². The number of nitro groups is 1. The first kappa shape index (κ1) is 23.7. The summed E-state index contributed by atoms with van der Waals surface area (Å²) in [6.45, 7) is 4.02. The van der Waals surface area contributed by atoms with Gasteiger partial charge in [-0.3, -0.25) is 14.9 Å². The van der Waals surface area contributed by atoms with Crippen LogP contribution in [0.3, 0.4) is 0 Å². The molecule has 0 unspecified atom stereocenters. The third-order valence-corrected chi connectivity index (χ3v) is 6.39. The molecule has 0 fully saturated rings. The maximum atomic E-state index is 12.6. The summed E-state index contributed by atoms with van der Waals surface area (Å²) in [6, 6.07) is 30.0. The van der Waals surface area contributed by atoms with Gasteiger partial charge in [-0.15, -0.1) is 0 Å². The van der Waals surface area contributed by atoms with E-state index in [1.54, 1.807) is 24.4 Å². The number of amides is 1. The summed E-state index contributed by atoms with van der Waals surface area (Å²) < 4.78 is 2.12. The zero-order valence-electron chi connectivity index (χ0n) is 20.4. The van der Waals surface area contributed by atoms with Crippen LogP contribution in [0, 0.1) is 24.0 Å². The second-order valence-electron chi connectivity index (χ2n) is 8.77. The van der Waals surface area contributed by atoms with Gasteiger partial charge in [0.2, 0.25) is 0 Å². The smallest absolute Gasteiger partial charge is 0.271 e. The van der Waals surface area contributed by atoms with Crippen molar-refractivity contribution in [3.05, 3.63) is 130 Å². The second kappa shape index (κ2) is 9.91. The van der Waals surface area contributed by atoms with Crippen molar-refractivity contribution in [1.29, 1.82) is 0 Å². The lowest BCUT2D eigenvalue weighted by molar-refractivity contribution is -0.384. The lowest BCUT2D eigenvalue weighted by Gasteiger charge is -2.11. The number of non-ortho nitro benzene ring substituents is 1. The summed E-state index contributed by atoms with van der Waals surface area (Å²) >= 11 is 0. The molecule has 5 aromatic rings. The van der Waals surface area contributed by atoms with Crippen LogP contribution in [0.4, 0.5) is 5.69 Å². The van der Waals surface area contributed by atoms with Crippen LogP contribution in [0.2, 0.25) is 0 Å². The van der Waals surface area contributed by atoms with Crippen LogP contribution in [-0.2, 0) is 0 Å². The van der Waals surface area contributed by atoms with Gasteiger partial charge in [0, 0.05) is 40.3 Å². The molecule has 0 aliphatic heterocycles. The number of nitrogens with one attached hydrogen (secondary N) is 1. The number of nitrogens with zero attached hydrogens (tertiary/aromatic N) is 3. The van der Waals surface area contributed by atoms with Crippen LogP contribution in [0.1, 0.15) is 27.3 Å². The lowest BCUT2D eigenvalue weighted by atomic mass is 10.0. The van der Waals surface area contributed by atoms with Crippen LogP contribution in [0.15, 0.2) is 102 Å². The van der Waals surface area contributed by atoms with Gasteiger partial charge in [0.15, 0.2) is 0 Å². The molecular weight excluding hydrogens is 464 g/mol. The van der Waals surface area contributed by atoms with Crippen molar-refractivity contribution in [3.8, 4) is 16.8 Å². The molecule has 0 aliphatic rings. The number of nitro benzene ring substituents is 1. The number of hydrazone groups is 1. The van der Waals surface area contributed by atoms with Crippen molar-refractivity contribution in [2.45, 2.75) is 13.8 Å².